The van der Waals surface area contributed by atoms with Crippen molar-refractivity contribution in [1.82, 2.24) is 0 Å². The summed E-state index contributed by atoms with van der Waals surface area (Å²) in [5.74, 6) is 2.71. The van der Waals surface area contributed by atoms with E-state index in [0.29, 0.717) is 0 Å². The molecule has 29 heavy (non-hydrogen) atoms. The molecule has 0 atom stereocenters. The molecule has 0 unspecified atom stereocenters. The molecule has 0 amide bonds. The van der Waals surface area contributed by atoms with Crippen molar-refractivity contribution < 1.29 is 9.16 Å². The Kier molecular flexibility index (Phi) is 6.56. The van der Waals surface area contributed by atoms with Gasteiger partial charge in [-0.05, 0) is 65.5 Å². The lowest BCUT2D eigenvalue weighted by Gasteiger charge is -2.37. The van der Waals surface area contributed by atoms with E-state index in [-0.39, 0.29) is 5.04 Å². The zero-order valence-electron chi connectivity index (χ0n) is 18.0. The van der Waals surface area contributed by atoms with Crippen LogP contribution in [0.4, 0.5) is 0 Å². The Hall–Kier alpha value is -1.62. The van der Waals surface area contributed by atoms with Crippen LogP contribution < -0.4 is 9.16 Å². The van der Waals surface area contributed by atoms with Gasteiger partial charge in [-0.25, -0.2) is 0 Å². The topological polar surface area (TPSA) is 18.5 Å². The highest BCUT2D eigenvalue weighted by molar-refractivity contribution is 7.98. The van der Waals surface area contributed by atoms with E-state index >= 15 is 0 Å². The maximum Gasteiger partial charge on any atom is 0.250 e. The molecule has 0 saturated carbocycles. The summed E-state index contributed by atoms with van der Waals surface area (Å²) >= 11 is 8.11. The van der Waals surface area contributed by atoms with Crippen LogP contribution in [0.25, 0.3) is 10.8 Å². The number of rotatable bonds is 6. The predicted molar refractivity (Wildman–Crippen MR) is 129 cm³/mol. The molecule has 0 aromatic heterocycles. The van der Waals surface area contributed by atoms with E-state index in [1.165, 1.54) is 10.5 Å². The van der Waals surface area contributed by atoms with E-state index in [1.807, 2.05) is 36.0 Å². The van der Waals surface area contributed by atoms with Crippen molar-refractivity contribution in [2.24, 2.45) is 0 Å². The smallest absolute Gasteiger partial charge is 0.250 e. The fourth-order valence-corrected chi connectivity index (χ4v) is 4.88. The normalized spacial score (nSPS) is 12.2. The Balaban J connectivity index is 1.93. The average molecular weight is 445 g/mol. The van der Waals surface area contributed by atoms with Crippen molar-refractivity contribution in [2.75, 3.05) is 7.11 Å². The van der Waals surface area contributed by atoms with E-state index in [9.17, 15) is 0 Å². The molecular weight excluding hydrogens is 416 g/mol. The summed E-state index contributed by atoms with van der Waals surface area (Å²) in [6.45, 7) is 11.3. The number of fused-ring (bicyclic) bond motifs is 1. The van der Waals surface area contributed by atoms with Gasteiger partial charge in [0.1, 0.15) is 11.5 Å². The van der Waals surface area contributed by atoms with Gasteiger partial charge in [0.05, 0.1) is 7.11 Å². The predicted octanol–water partition coefficient (Wildman–Crippen LogP) is 8.18. The fourth-order valence-electron chi connectivity index (χ4n) is 2.75. The van der Waals surface area contributed by atoms with E-state index in [0.717, 1.165) is 33.0 Å². The SMILES string of the molecule is COc1ccc(CSc2cc(O[Si](C)(C)C(C)(C)C)c3cc(Cl)ccc3c2)cc1. The minimum Gasteiger partial charge on any atom is -0.543 e. The molecule has 154 valence electrons. The third-order valence-corrected chi connectivity index (χ3v) is 11.2. The van der Waals surface area contributed by atoms with Crippen LogP contribution >= 0.6 is 23.4 Å². The zero-order valence-corrected chi connectivity index (χ0v) is 20.6. The first-order chi connectivity index (χ1) is 13.6. The largest absolute Gasteiger partial charge is 0.543 e. The lowest BCUT2D eigenvalue weighted by Crippen LogP contribution is -2.43. The van der Waals surface area contributed by atoms with Crippen LogP contribution in [0, 0.1) is 0 Å². The van der Waals surface area contributed by atoms with Gasteiger partial charge < -0.3 is 9.16 Å². The summed E-state index contributed by atoms with van der Waals surface area (Å²) in [5, 5.41) is 3.10. The number of hydrogen-bond acceptors (Lipinski definition) is 3. The number of hydrogen-bond donors (Lipinski definition) is 0. The third-order valence-electron chi connectivity index (χ3n) is 5.59. The van der Waals surface area contributed by atoms with Crippen molar-refractivity contribution in [1.29, 1.82) is 0 Å². The van der Waals surface area contributed by atoms with Crippen LogP contribution in [-0.2, 0) is 5.75 Å². The summed E-state index contributed by atoms with van der Waals surface area (Å²) in [4.78, 5) is 1.20. The monoisotopic (exact) mass is 444 g/mol. The van der Waals surface area contributed by atoms with Crippen LogP contribution in [0.15, 0.2) is 59.5 Å². The Labute approximate surface area is 184 Å². The third kappa shape index (κ3) is 5.30. The van der Waals surface area contributed by atoms with Gasteiger partial charge in [0.15, 0.2) is 0 Å². The summed E-state index contributed by atoms with van der Waals surface area (Å²) < 4.78 is 12.0. The fraction of sp³-hybridized carbons (Fsp3) is 0.333. The number of halogens is 1. The highest BCUT2D eigenvalue weighted by Crippen LogP contribution is 2.41. The molecule has 0 heterocycles. The Bertz CT molecular complexity index is 994. The number of ether oxygens (including phenoxy) is 1. The molecule has 3 rings (SSSR count). The van der Waals surface area contributed by atoms with Crippen molar-refractivity contribution in [3.8, 4) is 11.5 Å². The number of thioether (sulfide) groups is 1. The maximum atomic E-state index is 6.71. The minimum absolute atomic E-state index is 0.129. The van der Waals surface area contributed by atoms with Gasteiger partial charge in [0, 0.05) is 21.1 Å². The van der Waals surface area contributed by atoms with Crippen LogP contribution in [-0.4, -0.2) is 15.4 Å². The van der Waals surface area contributed by atoms with E-state index in [1.54, 1.807) is 7.11 Å². The van der Waals surface area contributed by atoms with Crippen molar-refractivity contribution in [2.45, 2.75) is 49.6 Å². The van der Waals surface area contributed by atoms with Crippen LogP contribution in [0.5, 0.6) is 11.5 Å². The molecule has 3 aromatic carbocycles. The van der Waals surface area contributed by atoms with Crippen molar-refractivity contribution in [3.05, 3.63) is 65.2 Å². The summed E-state index contributed by atoms with van der Waals surface area (Å²) in [6, 6.07) is 18.7. The summed E-state index contributed by atoms with van der Waals surface area (Å²) in [6.07, 6.45) is 0. The first kappa shape index (κ1) is 22.1. The molecule has 0 fully saturated rings. The second kappa shape index (κ2) is 8.63. The van der Waals surface area contributed by atoms with E-state index in [2.05, 4.69) is 64.2 Å². The highest BCUT2D eigenvalue weighted by atomic mass is 35.5. The molecular formula is C24H29ClO2SSi. The van der Waals surface area contributed by atoms with Crippen molar-refractivity contribution >= 4 is 42.5 Å². The molecule has 3 aromatic rings. The lowest BCUT2D eigenvalue weighted by atomic mass is 10.1. The van der Waals surface area contributed by atoms with E-state index in [4.69, 9.17) is 20.8 Å². The molecule has 0 radical (unpaired) electrons. The molecule has 0 aliphatic heterocycles. The Morgan fingerprint density at radius 3 is 2.28 bits per heavy atom. The van der Waals surface area contributed by atoms with Gasteiger partial charge in [-0.2, -0.15) is 0 Å². The molecule has 0 saturated heterocycles. The summed E-state index contributed by atoms with van der Waals surface area (Å²) in [5.41, 5.74) is 1.26. The van der Waals surface area contributed by atoms with Crippen molar-refractivity contribution in [3.63, 3.8) is 0 Å². The van der Waals surface area contributed by atoms with Crippen LogP contribution in [0.2, 0.25) is 23.2 Å². The quantitative estimate of drug-likeness (QED) is 0.282. The van der Waals surface area contributed by atoms with Gasteiger partial charge in [0.2, 0.25) is 0 Å². The Morgan fingerprint density at radius 1 is 0.966 bits per heavy atom. The number of methoxy groups -OCH3 is 1. The highest BCUT2D eigenvalue weighted by Gasteiger charge is 2.39. The first-order valence-corrected chi connectivity index (χ1v) is 14.0. The first-order valence-electron chi connectivity index (χ1n) is 9.77. The zero-order chi connectivity index (χ0) is 21.2. The second-order valence-corrected chi connectivity index (χ2v) is 15.0. The molecule has 5 heteroatoms. The minimum atomic E-state index is -1.97. The molecule has 0 bridgehead atoms. The van der Waals surface area contributed by atoms with Gasteiger partial charge in [-0.1, -0.05) is 50.6 Å². The maximum absolute atomic E-state index is 6.71. The van der Waals surface area contributed by atoms with E-state index < -0.39 is 8.32 Å². The second-order valence-electron chi connectivity index (χ2n) is 8.79. The summed E-state index contributed by atoms with van der Waals surface area (Å²) in [7, 11) is -0.277. The molecule has 0 N–H and O–H groups in total. The van der Waals surface area contributed by atoms with Gasteiger partial charge in [-0.3, -0.25) is 0 Å². The van der Waals surface area contributed by atoms with Gasteiger partial charge in [0.25, 0.3) is 8.32 Å². The van der Waals surface area contributed by atoms with Crippen LogP contribution in [0.1, 0.15) is 26.3 Å². The van der Waals surface area contributed by atoms with Gasteiger partial charge in [-0.15, -0.1) is 11.8 Å². The number of benzene rings is 3. The molecule has 0 aliphatic rings. The molecule has 2 nitrogen and oxygen atoms in total. The average Bonchev–Trinajstić information content (AvgIpc) is 2.66. The lowest BCUT2D eigenvalue weighted by molar-refractivity contribution is 0.414. The Morgan fingerprint density at radius 2 is 1.66 bits per heavy atom. The standard InChI is InChI=1S/C24H29ClO2SSi/c1-24(2,3)29(5,6)27-23-15-21(13-18-9-10-19(25)14-22(18)23)28-16-17-7-11-20(26-4)12-8-17/h7-15H,16H2,1-6H3. The van der Waals surface area contributed by atoms with Crippen LogP contribution in [0.3, 0.4) is 0 Å². The molecule has 0 aliphatic carbocycles. The molecule has 0 spiro atoms. The van der Waals surface area contributed by atoms with Gasteiger partial charge >= 0.3 is 0 Å².